The molecule has 3 rings (SSSR count). The summed E-state index contributed by atoms with van der Waals surface area (Å²) in [6, 6.07) is 7.62. The Bertz CT molecular complexity index is 718. The smallest absolute Gasteiger partial charge is 0.268 e. The van der Waals surface area contributed by atoms with E-state index in [4.69, 9.17) is 4.74 Å². The lowest BCUT2D eigenvalue weighted by Crippen LogP contribution is -2.42. The molecule has 0 bridgehead atoms. The molecule has 2 aliphatic rings. The molecule has 146 valence electrons. The molecular formula is C22H29NO3S. The lowest BCUT2D eigenvalue weighted by Gasteiger charge is -2.30. The summed E-state index contributed by atoms with van der Waals surface area (Å²) in [5.41, 5.74) is 1.37. The van der Waals surface area contributed by atoms with Crippen LogP contribution in [-0.2, 0) is 9.59 Å². The summed E-state index contributed by atoms with van der Waals surface area (Å²) in [5, 5.41) is 0.241. The van der Waals surface area contributed by atoms with E-state index >= 15 is 0 Å². The molecule has 27 heavy (non-hydrogen) atoms. The molecule has 4 nitrogen and oxygen atoms in total. The van der Waals surface area contributed by atoms with Gasteiger partial charge in [0.25, 0.3) is 11.8 Å². The summed E-state index contributed by atoms with van der Waals surface area (Å²) in [6.07, 6.45) is 6.17. The maximum Gasteiger partial charge on any atom is 0.268 e. The van der Waals surface area contributed by atoms with E-state index in [9.17, 15) is 9.59 Å². The molecule has 1 aromatic carbocycles. The molecule has 1 aliphatic heterocycles. The number of hydrogen-bond donors (Lipinski definition) is 0. The maximum atomic E-state index is 13.3. The standard InChI is InChI=1S/C22H29NO3S/c1-4-14-26-18-12-10-16(11-13-18)19-20(27-15(2)3)22(25)23(21(19)24)17-8-6-5-7-9-17/h10-13,15,17H,4-9,14H2,1-3H3. The summed E-state index contributed by atoms with van der Waals surface area (Å²) in [5.74, 6) is 0.560. The molecule has 2 amide bonds. The van der Waals surface area contributed by atoms with E-state index in [1.807, 2.05) is 24.3 Å². The van der Waals surface area contributed by atoms with Crippen molar-refractivity contribution in [2.45, 2.75) is 70.6 Å². The summed E-state index contributed by atoms with van der Waals surface area (Å²) in [7, 11) is 0. The van der Waals surface area contributed by atoms with Crippen molar-refractivity contribution in [3.8, 4) is 5.75 Å². The molecule has 0 aromatic heterocycles. The highest BCUT2D eigenvalue weighted by atomic mass is 32.2. The first-order valence-corrected chi connectivity index (χ1v) is 10.9. The van der Waals surface area contributed by atoms with Crippen molar-refractivity contribution in [3.05, 3.63) is 34.7 Å². The van der Waals surface area contributed by atoms with Crippen LogP contribution in [0.15, 0.2) is 29.2 Å². The van der Waals surface area contributed by atoms with Crippen LogP contribution >= 0.6 is 11.8 Å². The minimum atomic E-state index is -0.128. The van der Waals surface area contributed by atoms with E-state index < -0.39 is 0 Å². The Labute approximate surface area is 166 Å². The van der Waals surface area contributed by atoms with Gasteiger partial charge in [0.15, 0.2) is 0 Å². The van der Waals surface area contributed by atoms with Crippen LogP contribution in [0, 0.1) is 0 Å². The summed E-state index contributed by atoms with van der Waals surface area (Å²) in [6.45, 7) is 6.84. The number of amides is 2. The molecular weight excluding hydrogens is 358 g/mol. The van der Waals surface area contributed by atoms with Crippen LogP contribution in [0.3, 0.4) is 0 Å². The average molecular weight is 388 g/mol. The molecule has 5 heteroatoms. The number of rotatable bonds is 7. The number of thioether (sulfide) groups is 1. The number of carbonyl (C=O) groups excluding carboxylic acids is 2. The summed E-state index contributed by atoms with van der Waals surface area (Å²) in [4.78, 5) is 28.6. The topological polar surface area (TPSA) is 46.6 Å². The van der Waals surface area contributed by atoms with Crippen molar-refractivity contribution in [1.82, 2.24) is 4.90 Å². The molecule has 1 heterocycles. The predicted octanol–water partition coefficient (Wildman–Crippen LogP) is 5.03. The van der Waals surface area contributed by atoms with Crippen LogP contribution in [-0.4, -0.2) is 34.6 Å². The van der Waals surface area contributed by atoms with Crippen molar-refractivity contribution in [2.24, 2.45) is 0 Å². The number of imide groups is 1. The van der Waals surface area contributed by atoms with Gasteiger partial charge in [0.05, 0.1) is 17.1 Å². The Balaban J connectivity index is 1.91. The van der Waals surface area contributed by atoms with E-state index in [2.05, 4.69) is 20.8 Å². The number of carbonyl (C=O) groups is 2. The van der Waals surface area contributed by atoms with Crippen molar-refractivity contribution in [2.75, 3.05) is 6.61 Å². The van der Waals surface area contributed by atoms with Crippen LogP contribution in [0.25, 0.3) is 5.57 Å². The fourth-order valence-corrected chi connectivity index (χ4v) is 4.73. The van der Waals surface area contributed by atoms with E-state index in [0.29, 0.717) is 17.1 Å². The van der Waals surface area contributed by atoms with Gasteiger partial charge in [-0.1, -0.05) is 52.2 Å². The Morgan fingerprint density at radius 2 is 1.74 bits per heavy atom. The summed E-state index contributed by atoms with van der Waals surface area (Å²) < 4.78 is 5.64. The first-order chi connectivity index (χ1) is 13.0. The van der Waals surface area contributed by atoms with Gasteiger partial charge in [-0.3, -0.25) is 14.5 Å². The van der Waals surface area contributed by atoms with Gasteiger partial charge in [0.1, 0.15) is 5.75 Å². The molecule has 0 atom stereocenters. The van der Waals surface area contributed by atoms with Crippen molar-refractivity contribution in [1.29, 1.82) is 0 Å². The number of benzene rings is 1. The summed E-state index contributed by atoms with van der Waals surface area (Å²) >= 11 is 1.50. The van der Waals surface area contributed by atoms with E-state index in [0.717, 1.165) is 43.4 Å². The quantitative estimate of drug-likeness (QED) is 0.616. The van der Waals surface area contributed by atoms with Crippen molar-refractivity contribution >= 4 is 29.1 Å². The van der Waals surface area contributed by atoms with Gasteiger partial charge >= 0.3 is 0 Å². The first kappa shape index (κ1) is 20.0. The first-order valence-electron chi connectivity index (χ1n) is 10.0. The van der Waals surface area contributed by atoms with Gasteiger partial charge in [-0.25, -0.2) is 0 Å². The molecule has 0 spiro atoms. The average Bonchev–Trinajstić information content (AvgIpc) is 2.90. The molecule has 1 aliphatic carbocycles. The number of hydrogen-bond acceptors (Lipinski definition) is 4. The SMILES string of the molecule is CCCOc1ccc(C2=C(SC(C)C)C(=O)N(C3CCCCC3)C2=O)cc1. The van der Waals surface area contributed by atoms with Gasteiger partial charge in [-0.15, -0.1) is 11.8 Å². The number of ether oxygens (including phenoxy) is 1. The third-order valence-corrected chi connectivity index (χ3v) is 6.07. The second-order valence-electron chi connectivity index (χ2n) is 7.52. The van der Waals surface area contributed by atoms with Gasteiger partial charge in [0, 0.05) is 11.3 Å². The molecule has 0 unspecified atom stereocenters. The normalized spacial score (nSPS) is 18.7. The zero-order chi connectivity index (χ0) is 19.4. The molecule has 0 saturated heterocycles. The highest BCUT2D eigenvalue weighted by Crippen LogP contribution is 2.40. The maximum absolute atomic E-state index is 13.3. The minimum Gasteiger partial charge on any atom is -0.494 e. The third kappa shape index (κ3) is 4.40. The van der Waals surface area contributed by atoms with Gasteiger partial charge < -0.3 is 4.74 Å². The third-order valence-electron chi connectivity index (χ3n) is 4.98. The van der Waals surface area contributed by atoms with E-state index in [-0.39, 0.29) is 23.1 Å². The highest BCUT2D eigenvalue weighted by Gasteiger charge is 2.43. The van der Waals surface area contributed by atoms with Crippen LogP contribution in [0.5, 0.6) is 5.75 Å². The van der Waals surface area contributed by atoms with Crippen LogP contribution < -0.4 is 4.74 Å². The van der Waals surface area contributed by atoms with Crippen molar-refractivity contribution in [3.63, 3.8) is 0 Å². The Hall–Kier alpha value is -1.75. The monoisotopic (exact) mass is 387 g/mol. The van der Waals surface area contributed by atoms with Crippen LogP contribution in [0.4, 0.5) is 0 Å². The Kier molecular flexibility index (Phi) is 6.64. The lowest BCUT2D eigenvalue weighted by atomic mass is 9.94. The molecule has 0 radical (unpaired) electrons. The minimum absolute atomic E-state index is 0.0474. The van der Waals surface area contributed by atoms with Crippen LogP contribution in [0.2, 0.25) is 0 Å². The zero-order valence-corrected chi connectivity index (χ0v) is 17.3. The highest BCUT2D eigenvalue weighted by molar-refractivity contribution is 8.04. The molecule has 1 saturated carbocycles. The predicted molar refractivity (Wildman–Crippen MR) is 111 cm³/mol. The largest absolute Gasteiger partial charge is 0.494 e. The fourth-order valence-electron chi connectivity index (χ4n) is 3.73. The van der Waals surface area contributed by atoms with Gasteiger partial charge in [-0.05, 0) is 37.0 Å². The van der Waals surface area contributed by atoms with E-state index in [1.54, 1.807) is 4.90 Å². The fraction of sp³-hybridized carbons (Fsp3) is 0.545. The lowest BCUT2D eigenvalue weighted by molar-refractivity contribution is -0.139. The second kappa shape index (κ2) is 8.96. The van der Waals surface area contributed by atoms with Gasteiger partial charge in [0.2, 0.25) is 0 Å². The Morgan fingerprint density at radius 1 is 1.07 bits per heavy atom. The molecule has 1 aromatic rings. The Morgan fingerprint density at radius 3 is 2.33 bits per heavy atom. The van der Waals surface area contributed by atoms with Gasteiger partial charge in [-0.2, -0.15) is 0 Å². The molecule has 1 fully saturated rings. The zero-order valence-electron chi connectivity index (χ0n) is 16.5. The second-order valence-corrected chi connectivity index (χ2v) is 9.10. The van der Waals surface area contributed by atoms with Crippen LogP contribution in [0.1, 0.15) is 64.9 Å². The number of nitrogens with zero attached hydrogens (tertiary/aromatic N) is 1. The molecule has 0 N–H and O–H groups in total. The van der Waals surface area contributed by atoms with Crippen molar-refractivity contribution < 1.29 is 14.3 Å². The van der Waals surface area contributed by atoms with E-state index in [1.165, 1.54) is 18.2 Å².